The van der Waals surface area contributed by atoms with Gasteiger partial charge in [0.05, 0.1) is 24.9 Å². The lowest BCUT2D eigenvalue weighted by Crippen LogP contribution is -2.52. The average molecular weight is 404 g/mol. The van der Waals surface area contributed by atoms with Crippen LogP contribution in [0.3, 0.4) is 0 Å². The van der Waals surface area contributed by atoms with Crippen LogP contribution in [0, 0.1) is 0 Å². The topological polar surface area (TPSA) is 54.0 Å². The average Bonchev–Trinajstić information content (AvgIpc) is 2.74. The highest BCUT2D eigenvalue weighted by atomic mass is 35.5. The van der Waals surface area contributed by atoms with Crippen LogP contribution in [0.1, 0.15) is 5.56 Å². The van der Waals surface area contributed by atoms with E-state index in [1.54, 1.807) is 14.2 Å². The quantitative estimate of drug-likeness (QED) is 0.802. The fourth-order valence-electron chi connectivity index (χ4n) is 3.35. The summed E-state index contributed by atoms with van der Waals surface area (Å²) in [5.41, 5.74) is 2.03. The molecule has 0 saturated carbocycles. The molecule has 6 nitrogen and oxygen atoms in total. The molecule has 1 heterocycles. The number of amides is 2. The van der Waals surface area contributed by atoms with Crippen LogP contribution in [-0.2, 0) is 6.42 Å². The lowest BCUT2D eigenvalue weighted by molar-refractivity contribution is 0.194. The van der Waals surface area contributed by atoms with Gasteiger partial charge in [-0.05, 0) is 42.3 Å². The second-order valence-corrected chi connectivity index (χ2v) is 6.99. The van der Waals surface area contributed by atoms with Crippen molar-refractivity contribution in [2.24, 2.45) is 0 Å². The maximum Gasteiger partial charge on any atom is 0.317 e. The standard InChI is InChI=1S/C21H26ClN3O3/c1-27-17-7-8-20(28-2)16(15-17)9-10-23-21(26)25-13-11-24(12-14-25)19-6-4-3-5-18(19)22/h3-8,15H,9-14H2,1-2H3,(H,23,26). The lowest BCUT2D eigenvalue weighted by atomic mass is 10.1. The van der Waals surface area contributed by atoms with Gasteiger partial charge in [0.15, 0.2) is 0 Å². The number of benzene rings is 2. The van der Waals surface area contributed by atoms with E-state index >= 15 is 0 Å². The molecule has 0 bridgehead atoms. The van der Waals surface area contributed by atoms with Crippen molar-refractivity contribution >= 4 is 23.3 Å². The summed E-state index contributed by atoms with van der Waals surface area (Å²) < 4.78 is 10.7. The summed E-state index contributed by atoms with van der Waals surface area (Å²) in [6.07, 6.45) is 0.672. The smallest absolute Gasteiger partial charge is 0.317 e. The van der Waals surface area contributed by atoms with Crippen molar-refractivity contribution in [3.05, 3.63) is 53.1 Å². The third-order valence-electron chi connectivity index (χ3n) is 4.92. The van der Waals surface area contributed by atoms with E-state index in [2.05, 4.69) is 10.2 Å². The van der Waals surface area contributed by atoms with Gasteiger partial charge in [-0.25, -0.2) is 4.79 Å². The molecular formula is C21H26ClN3O3. The molecule has 0 spiro atoms. The number of para-hydroxylation sites is 1. The number of urea groups is 1. The number of carbonyl (C=O) groups excluding carboxylic acids is 1. The zero-order valence-electron chi connectivity index (χ0n) is 16.3. The van der Waals surface area contributed by atoms with Gasteiger partial charge in [-0.3, -0.25) is 0 Å². The Hall–Kier alpha value is -2.60. The molecule has 1 fully saturated rings. The van der Waals surface area contributed by atoms with Gasteiger partial charge >= 0.3 is 6.03 Å². The Morgan fingerprint density at radius 1 is 1.07 bits per heavy atom. The molecule has 7 heteroatoms. The molecule has 0 radical (unpaired) electrons. The van der Waals surface area contributed by atoms with E-state index in [0.29, 0.717) is 26.1 Å². The Kier molecular flexibility index (Phi) is 6.87. The Morgan fingerprint density at radius 3 is 2.50 bits per heavy atom. The van der Waals surface area contributed by atoms with Crippen LogP contribution >= 0.6 is 11.6 Å². The van der Waals surface area contributed by atoms with Gasteiger partial charge in [-0.2, -0.15) is 0 Å². The van der Waals surface area contributed by atoms with Gasteiger partial charge in [0, 0.05) is 32.7 Å². The lowest BCUT2D eigenvalue weighted by Gasteiger charge is -2.36. The molecule has 2 amide bonds. The number of nitrogens with one attached hydrogen (secondary N) is 1. The van der Waals surface area contributed by atoms with E-state index in [4.69, 9.17) is 21.1 Å². The number of nitrogens with zero attached hydrogens (tertiary/aromatic N) is 2. The van der Waals surface area contributed by atoms with Crippen molar-refractivity contribution in [1.29, 1.82) is 0 Å². The van der Waals surface area contributed by atoms with E-state index in [1.165, 1.54) is 0 Å². The molecule has 1 aliphatic heterocycles. The summed E-state index contributed by atoms with van der Waals surface area (Å²) in [5, 5.41) is 3.74. The minimum absolute atomic E-state index is 0.0410. The molecule has 28 heavy (non-hydrogen) atoms. The maximum atomic E-state index is 12.5. The molecule has 150 valence electrons. The first-order chi connectivity index (χ1) is 13.6. The van der Waals surface area contributed by atoms with Gasteiger partial charge in [0.25, 0.3) is 0 Å². The third-order valence-corrected chi connectivity index (χ3v) is 5.24. The number of hydrogen-bond acceptors (Lipinski definition) is 4. The first-order valence-corrected chi connectivity index (χ1v) is 9.73. The number of piperazine rings is 1. The highest BCUT2D eigenvalue weighted by Gasteiger charge is 2.22. The zero-order valence-corrected chi connectivity index (χ0v) is 17.0. The monoisotopic (exact) mass is 403 g/mol. The van der Waals surface area contributed by atoms with Crippen molar-refractivity contribution in [3.63, 3.8) is 0 Å². The number of hydrogen-bond donors (Lipinski definition) is 1. The second kappa shape index (κ2) is 9.55. The summed E-state index contributed by atoms with van der Waals surface area (Å²) in [6, 6.07) is 13.4. The van der Waals surface area contributed by atoms with Gasteiger partial charge < -0.3 is 24.6 Å². The van der Waals surface area contributed by atoms with E-state index in [0.717, 1.165) is 40.9 Å². The van der Waals surface area contributed by atoms with Crippen LogP contribution < -0.4 is 19.7 Å². The zero-order chi connectivity index (χ0) is 19.9. The van der Waals surface area contributed by atoms with Gasteiger partial charge in [-0.1, -0.05) is 23.7 Å². The van der Waals surface area contributed by atoms with Gasteiger partial charge in [0.2, 0.25) is 0 Å². The fraction of sp³-hybridized carbons (Fsp3) is 0.381. The third kappa shape index (κ3) is 4.81. The Morgan fingerprint density at radius 2 is 1.82 bits per heavy atom. The molecule has 0 aromatic heterocycles. The molecule has 2 aromatic rings. The first kappa shape index (κ1) is 20.1. The predicted molar refractivity (Wildman–Crippen MR) is 112 cm³/mol. The van der Waals surface area contributed by atoms with Gasteiger partial charge in [-0.15, -0.1) is 0 Å². The summed E-state index contributed by atoms with van der Waals surface area (Å²) >= 11 is 6.28. The number of anilines is 1. The predicted octanol–water partition coefficient (Wildman–Crippen LogP) is 3.43. The molecule has 1 N–H and O–H groups in total. The largest absolute Gasteiger partial charge is 0.497 e. The van der Waals surface area contributed by atoms with Crippen LogP contribution in [-0.4, -0.2) is 57.9 Å². The van der Waals surface area contributed by atoms with Gasteiger partial charge in [0.1, 0.15) is 11.5 Å². The summed E-state index contributed by atoms with van der Waals surface area (Å²) in [6.45, 7) is 3.40. The Labute approximate surface area is 171 Å². The highest BCUT2D eigenvalue weighted by molar-refractivity contribution is 6.33. The number of rotatable bonds is 6. The molecule has 0 aliphatic carbocycles. The fourth-order valence-corrected chi connectivity index (χ4v) is 3.61. The van der Waals surface area contributed by atoms with E-state index in [9.17, 15) is 4.79 Å². The van der Waals surface area contributed by atoms with Crippen molar-refractivity contribution in [2.45, 2.75) is 6.42 Å². The summed E-state index contributed by atoms with van der Waals surface area (Å²) in [7, 11) is 3.28. The SMILES string of the molecule is COc1ccc(OC)c(CCNC(=O)N2CCN(c3ccccc3Cl)CC2)c1. The number of carbonyl (C=O) groups is 1. The Bertz CT molecular complexity index is 807. The van der Waals surface area contributed by atoms with Crippen molar-refractivity contribution < 1.29 is 14.3 Å². The summed E-state index contributed by atoms with van der Waals surface area (Å²) in [5.74, 6) is 1.57. The van der Waals surface area contributed by atoms with Crippen LogP contribution in [0.25, 0.3) is 0 Å². The minimum Gasteiger partial charge on any atom is -0.497 e. The molecule has 3 rings (SSSR count). The molecule has 1 saturated heterocycles. The first-order valence-electron chi connectivity index (χ1n) is 9.35. The molecular weight excluding hydrogens is 378 g/mol. The number of halogens is 1. The van der Waals surface area contributed by atoms with E-state index < -0.39 is 0 Å². The molecule has 1 aliphatic rings. The maximum absolute atomic E-state index is 12.5. The van der Waals surface area contributed by atoms with Crippen LogP contribution in [0.5, 0.6) is 11.5 Å². The molecule has 0 atom stereocenters. The summed E-state index contributed by atoms with van der Waals surface area (Å²) in [4.78, 5) is 16.5. The molecule has 2 aromatic carbocycles. The normalized spacial score (nSPS) is 14.0. The molecule has 0 unspecified atom stereocenters. The number of ether oxygens (including phenoxy) is 2. The van der Waals surface area contributed by atoms with Crippen LogP contribution in [0.15, 0.2) is 42.5 Å². The second-order valence-electron chi connectivity index (χ2n) is 6.59. The van der Waals surface area contributed by atoms with E-state index in [-0.39, 0.29) is 6.03 Å². The Balaban J connectivity index is 1.48. The minimum atomic E-state index is -0.0410. The number of methoxy groups -OCH3 is 2. The van der Waals surface area contributed by atoms with Crippen LogP contribution in [0.2, 0.25) is 5.02 Å². The van der Waals surface area contributed by atoms with Crippen molar-refractivity contribution in [1.82, 2.24) is 10.2 Å². The van der Waals surface area contributed by atoms with E-state index in [1.807, 2.05) is 47.4 Å². The van der Waals surface area contributed by atoms with Crippen LogP contribution in [0.4, 0.5) is 10.5 Å². The van der Waals surface area contributed by atoms with Crippen molar-refractivity contribution in [3.8, 4) is 11.5 Å². The van der Waals surface area contributed by atoms with Crippen molar-refractivity contribution in [2.75, 3.05) is 51.8 Å². The highest BCUT2D eigenvalue weighted by Crippen LogP contribution is 2.26.